The molecule has 104 valence electrons. The first-order valence-corrected chi connectivity index (χ1v) is 8.40. The van der Waals surface area contributed by atoms with Gasteiger partial charge in [0.05, 0.1) is 0 Å². The topological polar surface area (TPSA) is 32.3 Å². The molecule has 1 heterocycles. The summed E-state index contributed by atoms with van der Waals surface area (Å²) in [5.74, 6) is 2.26. The molecule has 18 heavy (non-hydrogen) atoms. The van der Waals surface area contributed by atoms with Crippen LogP contribution >= 0.6 is 11.8 Å². The van der Waals surface area contributed by atoms with Gasteiger partial charge in [-0.3, -0.25) is 4.79 Å². The summed E-state index contributed by atoms with van der Waals surface area (Å²) in [6, 6.07) is 0. The maximum atomic E-state index is 12.0. The van der Waals surface area contributed by atoms with Gasteiger partial charge in [0.1, 0.15) is 0 Å². The molecule has 1 aliphatic heterocycles. The average molecular weight is 270 g/mol. The molecule has 4 heteroatoms. The van der Waals surface area contributed by atoms with E-state index in [1.807, 2.05) is 16.7 Å². The summed E-state index contributed by atoms with van der Waals surface area (Å²) in [5, 5.41) is 4.09. The Hall–Kier alpha value is -0.220. The Morgan fingerprint density at radius 1 is 1.33 bits per heavy atom. The van der Waals surface area contributed by atoms with Gasteiger partial charge in [-0.15, -0.1) is 0 Å². The van der Waals surface area contributed by atoms with E-state index in [0.717, 1.165) is 49.5 Å². The van der Waals surface area contributed by atoms with Gasteiger partial charge in [0, 0.05) is 43.6 Å². The van der Waals surface area contributed by atoms with E-state index in [4.69, 9.17) is 0 Å². The molecule has 2 fully saturated rings. The second-order valence-electron chi connectivity index (χ2n) is 5.65. The summed E-state index contributed by atoms with van der Waals surface area (Å²) in [5.41, 5.74) is 0. The Bertz CT molecular complexity index is 267. The summed E-state index contributed by atoms with van der Waals surface area (Å²) < 4.78 is 0. The van der Waals surface area contributed by atoms with Crippen LogP contribution in [-0.4, -0.2) is 48.0 Å². The van der Waals surface area contributed by atoms with Crippen molar-refractivity contribution in [3.8, 4) is 0 Å². The van der Waals surface area contributed by atoms with E-state index in [2.05, 4.69) is 12.2 Å². The SMILES string of the molecule is CC1CCCC(SCCC(=O)N2CCNCC2)C1. The van der Waals surface area contributed by atoms with Crippen molar-refractivity contribution in [1.82, 2.24) is 10.2 Å². The first kappa shape index (κ1) is 14.2. The molecular weight excluding hydrogens is 244 g/mol. The third-order valence-electron chi connectivity index (χ3n) is 4.03. The maximum Gasteiger partial charge on any atom is 0.223 e. The van der Waals surface area contributed by atoms with E-state index in [9.17, 15) is 4.79 Å². The predicted octanol–water partition coefficient (Wildman–Crippen LogP) is 2.12. The number of piperazine rings is 1. The van der Waals surface area contributed by atoms with Crippen molar-refractivity contribution in [2.75, 3.05) is 31.9 Å². The molecule has 1 saturated heterocycles. The zero-order chi connectivity index (χ0) is 12.8. The Labute approximate surface area is 115 Å². The quantitative estimate of drug-likeness (QED) is 0.849. The highest BCUT2D eigenvalue weighted by molar-refractivity contribution is 7.99. The fourth-order valence-electron chi connectivity index (χ4n) is 2.92. The van der Waals surface area contributed by atoms with Crippen LogP contribution in [-0.2, 0) is 4.79 Å². The number of nitrogens with zero attached hydrogens (tertiary/aromatic N) is 1. The van der Waals surface area contributed by atoms with Gasteiger partial charge in [-0.1, -0.05) is 19.8 Å². The molecule has 0 spiro atoms. The zero-order valence-corrected chi connectivity index (χ0v) is 12.3. The summed E-state index contributed by atoms with van der Waals surface area (Å²) in [7, 11) is 0. The maximum absolute atomic E-state index is 12.0. The van der Waals surface area contributed by atoms with Gasteiger partial charge in [0.2, 0.25) is 5.91 Å². The number of nitrogens with one attached hydrogen (secondary N) is 1. The Kier molecular flexibility index (Phi) is 5.83. The number of hydrogen-bond acceptors (Lipinski definition) is 3. The molecule has 0 aromatic carbocycles. The second-order valence-corrected chi connectivity index (χ2v) is 7.05. The summed E-state index contributed by atoms with van der Waals surface area (Å²) >= 11 is 2.03. The molecule has 1 amide bonds. The first-order valence-electron chi connectivity index (χ1n) is 7.36. The van der Waals surface area contributed by atoms with Gasteiger partial charge in [-0.05, 0) is 18.8 Å². The average Bonchev–Trinajstić information content (AvgIpc) is 2.40. The van der Waals surface area contributed by atoms with Crippen LogP contribution in [0.1, 0.15) is 39.0 Å². The van der Waals surface area contributed by atoms with E-state index < -0.39 is 0 Å². The molecule has 2 atom stereocenters. The van der Waals surface area contributed by atoms with Crippen LogP contribution in [0.5, 0.6) is 0 Å². The van der Waals surface area contributed by atoms with E-state index in [-0.39, 0.29) is 0 Å². The van der Waals surface area contributed by atoms with Gasteiger partial charge in [-0.2, -0.15) is 11.8 Å². The minimum Gasteiger partial charge on any atom is -0.340 e. The fourth-order valence-corrected chi connectivity index (χ4v) is 4.34. The fraction of sp³-hybridized carbons (Fsp3) is 0.929. The van der Waals surface area contributed by atoms with Crippen molar-refractivity contribution in [3.63, 3.8) is 0 Å². The summed E-state index contributed by atoms with van der Waals surface area (Å²) in [4.78, 5) is 14.0. The number of thioether (sulfide) groups is 1. The molecular formula is C14H26N2OS. The van der Waals surface area contributed by atoms with Crippen LogP contribution in [0.4, 0.5) is 0 Å². The number of carbonyl (C=O) groups excluding carboxylic acids is 1. The number of rotatable bonds is 4. The van der Waals surface area contributed by atoms with Gasteiger partial charge >= 0.3 is 0 Å². The van der Waals surface area contributed by atoms with Crippen molar-refractivity contribution in [3.05, 3.63) is 0 Å². The van der Waals surface area contributed by atoms with Crippen molar-refractivity contribution < 1.29 is 4.79 Å². The zero-order valence-electron chi connectivity index (χ0n) is 11.5. The first-order chi connectivity index (χ1) is 8.75. The van der Waals surface area contributed by atoms with Gasteiger partial charge in [0.15, 0.2) is 0 Å². The van der Waals surface area contributed by atoms with Crippen LogP contribution in [0.15, 0.2) is 0 Å². The Balaban J connectivity index is 1.60. The second kappa shape index (κ2) is 7.39. The molecule has 2 unspecified atom stereocenters. The molecule has 0 aromatic rings. The summed E-state index contributed by atoms with van der Waals surface area (Å²) in [6.45, 7) is 6.06. The third kappa shape index (κ3) is 4.47. The van der Waals surface area contributed by atoms with Crippen molar-refractivity contribution in [1.29, 1.82) is 0 Å². The number of carbonyl (C=O) groups is 1. The van der Waals surface area contributed by atoms with Crippen LogP contribution in [0.2, 0.25) is 0 Å². The van der Waals surface area contributed by atoms with Gasteiger partial charge in [-0.25, -0.2) is 0 Å². The van der Waals surface area contributed by atoms with Gasteiger partial charge < -0.3 is 10.2 Å². The van der Waals surface area contributed by atoms with Crippen molar-refractivity contribution in [2.45, 2.75) is 44.3 Å². The molecule has 0 bridgehead atoms. The Morgan fingerprint density at radius 2 is 2.11 bits per heavy atom. The normalized spacial score (nSPS) is 29.3. The molecule has 2 rings (SSSR count). The van der Waals surface area contributed by atoms with E-state index in [1.54, 1.807) is 0 Å². The van der Waals surface area contributed by atoms with E-state index in [0.29, 0.717) is 5.91 Å². The standard InChI is InChI=1S/C14H26N2OS/c1-12-3-2-4-13(11-12)18-10-5-14(17)16-8-6-15-7-9-16/h12-13,15H,2-11H2,1H3. The Morgan fingerprint density at radius 3 is 2.83 bits per heavy atom. The minimum atomic E-state index is 0.354. The monoisotopic (exact) mass is 270 g/mol. The summed E-state index contributed by atoms with van der Waals surface area (Å²) in [6.07, 6.45) is 6.22. The lowest BCUT2D eigenvalue weighted by atomic mass is 9.91. The molecule has 1 saturated carbocycles. The van der Waals surface area contributed by atoms with E-state index >= 15 is 0 Å². The number of amides is 1. The van der Waals surface area contributed by atoms with E-state index in [1.165, 1.54) is 25.7 Å². The third-order valence-corrected chi connectivity index (χ3v) is 5.37. The van der Waals surface area contributed by atoms with Crippen LogP contribution < -0.4 is 5.32 Å². The van der Waals surface area contributed by atoms with Crippen LogP contribution in [0, 0.1) is 5.92 Å². The predicted molar refractivity (Wildman–Crippen MR) is 77.9 cm³/mol. The van der Waals surface area contributed by atoms with Gasteiger partial charge in [0.25, 0.3) is 0 Å². The highest BCUT2D eigenvalue weighted by atomic mass is 32.2. The lowest BCUT2D eigenvalue weighted by molar-refractivity contribution is -0.131. The lowest BCUT2D eigenvalue weighted by Gasteiger charge is -2.28. The lowest BCUT2D eigenvalue weighted by Crippen LogP contribution is -2.46. The smallest absolute Gasteiger partial charge is 0.223 e. The van der Waals surface area contributed by atoms with Crippen molar-refractivity contribution in [2.24, 2.45) is 5.92 Å². The van der Waals surface area contributed by atoms with Crippen LogP contribution in [0.3, 0.4) is 0 Å². The van der Waals surface area contributed by atoms with Crippen molar-refractivity contribution >= 4 is 17.7 Å². The highest BCUT2D eigenvalue weighted by Crippen LogP contribution is 2.32. The molecule has 2 aliphatic rings. The number of hydrogen-bond donors (Lipinski definition) is 1. The molecule has 1 N–H and O–H groups in total. The molecule has 0 radical (unpaired) electrons. The molecule has 1 aliphatic carbocycles. The largest absolute Gasteiger partial charge is 0.340 e. The highest BCUT2D eigenvalue weighted by Gasteiger charge is 2.20. The minimum absolute atomic E-state index is 0.354. The van der Waals surface area contributed by atoms with Crippen LogP contribution in [0.25, 0.3) is 0 Å². The molecule has 0 aromatic heterocycles. The molecule has 3 nitrogen and oxygen atoms in total.